The van der Waals surface area contributed by atoms with E-state index in [4.69, 9.17) is 5.26 Å². The standard InChI is InChI=1S/C6H5N.C5H5.Fe/c7-5-6-3-1-2-4-6;1-2-4-5-3-1;/h1-4,6H;1-5H;/q;-1;+2. The molecule has 0 aliphatic heterocycles. The summed E-state index contributed by atoms with van der Waals surface area (Å²) in [5.74, 6) is 0.0417. The Labute approximate surface area is 89.2 Å². The second-order valence-electron chi connectivity index (χ2n) is 2.39. The number of allylic oxidation sites excluding steroid dienone is 4. The van der Waals surface area contributed by atoms with Gasteiger partial charge in [-0.05, 0) is 0 Å². The Hall–Kier alpha value is -1.16. The zero-order valence-electron chi connectivity index (χ0n) is 7.07. The zero-order valence-corrected chi connectivity index (χ0v) is 8.18. The van der Waals surface area contributed by atoms with Crippen LogP contribution in [0.25, 0.3) is 0 Å². The first-order valence-corrected chi connectivity index (χ1v) is 3.85. The number of nitrogens with zero attached hydrogens (tertiary/aromatic N) is 1. The molecule has 1 nitrogen and oxygen atoms in total. The Morgan fingerprint density at radius 1 is 1.08 bits per heavy atom. The van der Waals surface area contributed by atoms with Gasteiger partial charge in [-0.15, -0.1) is 0 Å². The molecule has 1 aromatic carbocycles. The van der Waals surface area contributed by atoms with Crippen molar-refractivity contribution >= 4 is 0 Å². The predicted octanol–water partition coefficient (Wildman–Crippen LogP) is 2.66. The van der Waals surface area contributed by atoms with E-state index in [0.717, 1.165) is 0 Å². The maximum atomic E-state index is 8.21. The largest absolute Gasteiger partial charge is 2.00 e. The average Bonchev–Trinajstić information content (AvgIpc) is 2.81. The summed E-state index contributed by atoms with van der Waals surface area (Å²) >= 11 is 0. The average molecular weight is 212 g/mol. The van der Waals surface area contributed by atoms with Gasteiger partial charge in [0, 0.05) is 0 Å². The molecule has 1 aliphatic carbocycles. The fourth-order valence-electron chi connectivity index (χ4n) is 0.839. The quantitative estimate of drug-likeness (QED) is 0.479. The molecule has 0 fully saturated rings. The normalized spacial score (nSPS) is 12.5. The summed E-state index contributed by atoms with van der Waals surface area (Å²) in [6.07, 6.45) is 7.49. The van der Waals surface area contributed by atoms with Crippen LogP contribution in [-0.2, 0) is 17.1 Å². The molecule has 0 spiro atoms. The third-order valence-electron chi connectivity index (χ3n) is 1.45. The molecule has 0 N–H and O–H groups in total. The maximum absolute atomic E-state index is 8.21. The summed E-state index contributed by atoms with van der Waals surface area (Å²) in [7, 11) is 0. The molecule has 0 heterocycles. The summed E-state index contributed by atoms with van der Waals surface area (Å²) in [6, 6.07) is 12.1. The minimum absolute atomic E-state index is 0. The molecule has 0 unspecified atom stereocenters. The van der Waals surface area contributed by atoms with Gasteiger partial charge in [0.25, 0.3) is 0 Å². The van der Waals surface area contributed by atoms with Crippen molar-refractivity contribution in [2.24, 2.45) is 5.92 Å². The molecule has 0 bridgehead atoms. The van der Waals surface area contributed by atoms with E-state index in [1.165, 1.54) is 0 Å². The van der Waals surface area contributed by atoms with Gasteiger partial charge in [0.05, 0.1) is 12.0 Å². The van der Waals surface area contributed by atoms with Gasteiger partial charge in [0.15, 0.2) is 0 Å². The van der Waals surface area contributed by atoms with E-state index in [2.05, 4.69) is 6.07 Å². The van der Waals surface area contributed by atoms with E-state index < -0.39 is 0 Å². The van der Waals surface area contributed by atoms with Gasteiger partial charge in [-0.2, -0.15) is 23.5 Å². The molecule has 2 rings (SSSR count). The van der Waals surface area contributed by atoms with Crippen LogP contribution < -0.4 is 0 Å². The van der Waals surface area contributed by atoms with E-state index in [1.807, 2.05) is 54.6 Å². The molecule has 0 radical (unpaired) electrons. The van der Waals surface area contributed by atoms with Gasteiger partial charge in [-0.25, -0.2) is 12.1 Å². The third-order valence-corrected chi connectivity index (χ3v) is 1.45. The first kappa shape index (κ1) is 11.8. The van der Waals surface area contributed by atoms with Crippen LogP contribution in [0.3, 0.4) is 0 Å². The van der Waals surface area contributed by atoms with Crippen molar-refractivity contribution in [3.05, 3.63) is 54.6 Å². The summed E-state index contributed by atoms with van der Waals surface area (Å²) in [5.41, 5.74) is 0. The second-order valence-corrected chi connectivity index (χ2v) is 2.39. The van der Waals surface area contributed by atoms with E-state index in [0.29, 0.717) is 0 Å². The Bertz CT molecular complexity index is 261. The minimum Gasteiger partial charge on any atom is -0.214 e. The number of rotatable bonds is 0. The van der Waals surface area contributed by atoms with Gasteiger partial charge < -0.3 is 0 Å². The van der Waals surface area contributed by atoms with Gasteiger partial charge in [0.1, 0.15) is 0 Å². The molecular formula is C11H10FeN+. The Morgan fingerprint density at radius 3 is 1.85 bits per heavy atom. The second kappa shape index (κ2) is 7.49. The predicted molar refractivity (Wildman–Crippen MR) is 49.4 cm³/mol. The molecule has 1 aliphatic rings. The molecular weight excluding hydrogens is 202 g/mol. The fraction of sp³-hybridized carbons (Fsp3) is 0.0909. The fourth-order valence-corrected chi connectivity index (χ4v) is 0.839. The maximum Gasteiger partial charge on any atom is 2.00 e. The molecule has 0 aromatic heterocycles. The van der Waals surface area contributed by atoms with Crippen molar-refractivity contribution in [3.8, 4) is 6.07 Å². The first-order valence-electron chi connectivity index (χ1n) is 3.85. The van der Waals surface area contributed by atoms with Crippen LogP contribution in [0.15, 0.2) is 54.6 Å². The van der Waals surface area contributed by atoms with Gasteiger partial charge >= 0.3 is 17.1 Å². The Balaban J connectivity index is 0.000000215. The molecule has 0 amide bonds. The summed E-state index contributed by atoms with van der Waals surface area (Å²) in [6.45, 7) is 0. The van der Waals surface area contributed by atoms with E-state index >= 15 is 0 Å². The molecule has 0 atom stereocenters. The molecule has 2 heteroatoms. The number of hydrogen-bond donors (Lipinski definition) is 0. The van der Waals surface area contributed by atoms with E-state index in [1.54, 1.807) is 0 Å². The van der Waals surface area contributed by atoms with Crippen molar-refractivity contribution in [1.29, 1.82) is 5.26 Å². The van der Waals surface area contributed by atoms with Crippen LogP contribution in [0.1, 0.15) is 0 Å². The molecule has 0 saturated heterocycles. The molecule has 66 valence electrons. The SMILES string of the molecule is N#CC1C=CC=C1.[Fe+2].c1cc[cH-]c1. The summed E-state index contributed by atoms with van der Waals surface area (Å²) < 4.78 is 0. The van der Waals surface area contributed by atoms with Crippen molar-refractivity contribution in [2.75, 3.05) is 0 Å². The van der Waals surface area contributed by atoms with Crippen LogP contribution in [0, 0.1) is 17.2 Å². The minimum atomic E-state index is 0. The topological polar surface area (TPSA) is 23.8 Å². The van der Waals surface area contributed by atoms with Crippen molar-refractivity contribution in [3.63, 3.8) is 0 Å². The van der Waals surface area contributed by atoms with Gasteiger partial charge in [0.2, 0.25) is 0 Å². The van der Waals surface area contributed by atoms with Crippen molar-refractivity contribution in [2.45, 2.75) is 0 Å². The van der Waals surface area contributed by atoms with Crippen LogP contribution >= 0.6 is 0 Å². The van der Waals surface area contributed by atoms with Crippen LogP contribution in [-0.4, -0.2) is 0 Å². The smallest absolute Gasteiger partial charge is 0.214 e. The van der Waals surface area contributed by atoms with Crippen molar-refractivity contribution < 1.29 is 17.1 Å². The van der Waals surface area contributed by atoms with Crippen molar-refractivity contribution in [1.82, 2.24) is 0 Å². The summed E-state index contributed by atoms with van der Waals surface area (Å²) in [5, 5.41) is 8.21. The molecule has 1 aromatic rings. The number of nitriles is 1. The van der Waals surface area contributed by atoms with E-state index in [-0.39, 0.29) is 23.0 Å². The monoisotopic (exact) mass is 212 g/mol. The number of hydrogen-bond acceptors (Lipinski definition) is 1. The Morgan fingerprint density at radius 2 is 1.62 bits per heavy atom. The van der Waals surface area contributed by atoms with Crippen LogP contribution in [0.4, 0.5) is 0 Å². The van der Waals surface area contributed by atoms with Crippen LogP contribution in [0.5, 0.6) is 0 Å². The molecule has 0 saturated carbocycles. The Kier molecular flexibility index (Phi) is 6.82. The summed E-state index contributed by atoms with van der Waals surface area (Å²) in [4.78, 5) is 0. The zero-order chi connectivity index (χ0) is 8.65. The first-order chi connectivity index (χ1) is 5.93. The van der Waals surface area contributed by atoms with E-state index in [9.17, 15) is 0 Å². The van der Waals surface area contributed by atoms with Gasteiger partial charge in [-0.3, -0.25) is 0 Å². The third kappa shape index (κ3) is 5.14. The van der Waals surface area contributed by atoms with Gasteiger partial charge in [-0.1, -0.05) is 24.3 Å². The van der Waals surface area contributed by atoms with Crippen LogP contribution in [0.2, 0.25) is 0 Å². The molecule has 13 heavy (non-hydrogen) atoms.